The fourth-order valence-corrected chi connectivity index (χ4v) is 5.75. The average molecular weight is 517 g/mol. The van der Waals surface area contributed by atoms with Crippen molar-refractivity contribution in [3.05, 3.63) is 91.2 Å². The number of anilines is 2. The minimum absolute atomic E-state index is 0.133. The number of esters is 1. The highest BCUT2D eigenvalue weighted by Crippen LogP contribution is 2.54. The molecule has 1 unspecified atom stereocenters. The molecule has 1 saturated carbocycles. The van der Waals surface area contributed by atoms with Gasteiger partial charge in [0.2, 0.25) is 5.78 Å². The van der Waals surface area contributed by atoms with E-state index in [9.17, 15) is 9.59 Å². The van der Waals surface area contributed by atoms with Crippen molar-refractivity contribution in [2.75, 3.05) is 18.2 Å². The molecule has 0 saturated heterocycles. The molecule has 34 heavy (non-hydrogen) atoms. The molecule has 1 atom stereocenters. The van der Waals surface area contributed by atoms with E-state index in [4.69, 9.17) is 33.7 Å². The number of nitrogens with one attached hydrogen (secondary N) is 1. The van der Waals surface area contributed by atoms with Crippen molar-refractivity contribution in [1.29, 1.82) is 0 Å². The van der Waals surface area contributed by atoms with Gasteiger partial charge in [-0.2, -0.15) is 0 Å². The quantitative estimate of drug-likeness (QED) is 0.302. The van der Waals surface area contributed by atoms with Gasteiger partial charge in [-0.1, -0.05) is 41.4 Å². The predicted octanol–water partition coefficient (Wildman–Crippen LogP) is 6.40. The van der Waals surface area contributed by atoms with Gasteiger partial charge >= 0.3 is 5.97 Å². The fourth-order valence-electron chi connectivity index (χ4n) is 4.31. The van der Waals surface area contributed by atoms with E-state index in [1.807, 2.05) is 0 Å². The van der Waals surface area contributed by atoms with Gasteiger partial charge in [-0.25, -0.2) is 9.18 Å². The lowest BCUT2D eigenvalue weighted by Crippen LogP contribution is -2.26. The zero-order valence-corrected chi connectivity index (χ0v) is 20.3. The van der Waals surface area contributed by atoms with Crippen LogP contribution in [-0.4, -0.2) is 18.9 Å². The lowest BCUT2D eigenvalue weighted by atomic mass is 9.80. The third-order valence-electron chi connectivity index (χ3n) is 6.09. The van der Waals surface area contributed by atoms with E-state index in [-0.39, 0.29) is 27.3 Å². The zero-order valence-electron chi connectivity index (χ0n) is 18.0. The predicted molar refractivity (Wildman–Crippen MR) is 132 cm³/mol. The molecule has 2 heterocycles. The Labute approximate surface area is 209 Å². The van der Waals surface area contributed by atoms with Crippen LogP contribution in [0.3, 0.4) is 0 Å². The van der Waals surface area contributed by atoms with Crippen LogP contribution in [-0.2, 0) is 9.53 Å². The van der Waals surface area contributed by atoms with Gasteiger partial charge in [0.05, 0.1) is 39.3 Å². The summed E-state index contributed by atoms with van der Waals surface area (Å²) in [6.07, 6.45) is 1.80. The summed E-state index contributed by atoms with van der Waals surface area (Å²) in [6.45, 7) is 0. The largest absolute Gasteiger partial charge is 0.466 e. The lowest BCUT2D eigenvalue weighted by molar-refractivity contribution is -0.136. The highest BCUT2D eigenvalue weighted by atomic mass is 35.5. The summed E-state index contributed by atoms with van der Waals surface area (Å²) in [5.41, 5.74) is 8.85. The summed E-state index contributed by atoms with van der Waals surface area (Å²) in [7, 11) is 1.30. The minimum atomic E-state index is -0.813. The van der Waals surface area contributed by atoms with Gasteiger partial charge in [-0.15, -0.1) is 11.3 Å². The smallest absolute Gasteiger partial charge is 0.336 e. The normalized spacial score (nSPS) is 17.2. The van der Waals surface area contributed by atoms with E-state index in [1.165, 1.54) is 30.6 Å². The lowest BCUT2D eigenvalue weighted by Gasteiger charge is -2.29. The van der Waals surface area contributed by atoms with Crippen molar-refractivity contribution < 1.29 is 18.7 Å². The summed E-state index contributed by atoms with van der Waals surface area (Å²) >= 11 is 13.3. The summed E-state index contributed by atoms with van der Waals surface area (Å²) in [6, 6.07) is 10.9. The maximum Gasteiger partial charge on any atom is 0.336 e. The molecule has 0 amide bonds. The van der Waals surface area contributed by atoms with E-state index in [2.05, 4.69) is 5.32 Å². The van der Waals surface area contributed by atoms with Gasteiger partial charge in [0.15, 0.2) is 0 Å². The number of hydrogen-bond donors (Lipinski definition) is 2. The molecule has 0 radical (unpaired) electrons. The number of fused-ring (bicyclic) bond motifs is 1. The highest BCUT2D eigenvalue weighted by molar-refractivity contribution is 7.19. The molecule has 3 aromatic rings. The van der Waals surface area contributed by atoms with Crippen LogP contribution in [0.1, 0.15) is 45.1 Å². The number of thiophene rings is 1. The second-order valence-corrected chi connectivity index (χ2v) is 10.1. The second-order valence-electron chi connectivity index (χ2n) is 8.22. The Hall–Kier alpha value is -2.87. The van der Waals surface area contributed by atoms with Crippen LogP contribution in [0.15, 0.2) is 53.7 Å². The third kappa shape index (κ3) is 3.78. The number of nitrogen functional groups attached to an aromatic ring is 1. The van der Waals surface area contributed by atoms with Gasteiger partial charge < -0.3 is 15.8 Å². The number of methoxy groups -OCH3 is 1. The van der Waals surface area contributed by atoms with Gasteiger partial charge in [0.25, 0.3) is 0 Å². The van der Waals surface area contributed by atoms with Crippen LogP contribution in [0.2, 0.25) is 10.0 Å². The third-order valence-corrected chi connectivity index (χ3v) is 7.97. The zero-order chi connectivity index (χ0) is 24.1. The minimum Gasteiger partial charge on any atom is -0.466 e. The van der Waals surface area contributed by atoms with E-state index < -0.39 is 17.7 Å². The Kier molecular flexibility index (Phi) is 5.88. The van der Waals surface area contributed by atoms with Gasteiger partial charge in [0, 0.05) is 22.4 Å². The molecule has 3 N–H and O–H groups in total. The first-order chi connectivity index (χ1) is 16.3. The number of benzene rings is 2. The number of carbonyl (C=O) groups excluding carboxylic acids is 2. The number of halogens is 3. The molecule has 1 fully saturated rings. The highest BCUT2D eigenvalue weighted by Gasteiger charge is 2.43. The van der Waals surface area contributed by atoms with Crippen LogP contribution in [0.4, 0.5) is 15.1 Å². The summed E-state index contributed by atoms with van der Waals surface area (Å²) in [5.74, 6) is -2.05. The molecular formula is C25H19Cl2FN2O3S. The van der Waals surface area contributed by atoms with Crippen LogP contribution in [0.25, 0.3) is 0 Å². The Morgan fingerprint density at radius 3 is 2.53 bits per heavy atom. The summed E-state index contributed by atoms with van der Waals surface area (Å²) in [5, 5.41) is 4.52. The molecule has 1 aliphatic heterocycles. The number of ketones is 1. The first-order valence-corrected chi connectivity index (χ1v) is 12.1. The number of nitrogens with two attached hydrogens (primary N) is 1. The first-order valence-electron chi connectivity index (χ1n) is 10.6. The molecule has 2 aromatic carbocycles. The molecule has 2 aliphatic rings. The molecule has 1 aliphatic carbocycles. The van der Waals surface area contributed by atoms with Crippen molar-refractivity contribution >= 4 is 57.0 Å². The molecule has 174 valence electrons. The number of hydrogen-bond acceptors (Lipinski definition) is 6. The van der Waals surface area contributed by atoms with Crippen molar-refractivity contribution in [1.82, 2.24) is 0 Å². The van der Waals surface area contributed by atoms with Crippen molar-refractivity contribution in [2.45, 2.75) is 18.8 Å². The van der Waals surface area contributed by atoms with Crippen molar-refractivity contribution in [2.24, 2.45) is 5.92 Å². The van der Waals surface area contributed by atoms with Crippen LogP contribution in [0.5, 0.6) is 0 Å². The molecule has 5 rings (SSSR count). The van der Waals surface area contributed by atoms with Gasteiger partial charge in [0.1, 0.15) is 10.7 Å². The molecule has 5 nitrogen and oxygen atoms in total. The maximum atomic E-state index is 15.1. The molecule has 9 heteroatoms. The van der Waals surface area contributed by atoms with Crippen LogP contribution < -0.4 is 11.1 Å². The Bertz CT molecular complexity index is 1380. The number of rotatable bonds is 5. The topological polar surface area (TPSA) is 81.4 Å². The molecule has 0 spiro atoms. The summed E-state index contributed by atoms with van der Waals surface area (Å²) in [4.78, 5) is 26.6. The fraction of sp³-hybridized carbons (Fsp3) is 0.200. The maximum absolute atomic E-state index is 15.1. The van der Waals surface area contributed by atoms with Gasteiger partial charge in [-0.05, 0) is 43.0 Å². The standard InChI is InChI=1S/C25H19Cl2FN2O3S/c1-33-25(32)19-17(13-4-2-3-5-16(13)28)18-20(29)23(34-24(18)30-21(19)11-6-7-11)22(31)12-8-9-14(26)15(27)10-12/h2-5,8-11,17,30H,6-7,29H2,1H3. The van der Waals surface area contributed by atoms with E-state index in [1.54, 1.807) is 30.3 Å². The number of ether oxygens (including phenoxy) is 1. The first kappa shape index (κ1) is 22.9. The van der Waals surface area contributed by atoms with Crippen LogP contribution >= 0.6 is 34.5 Å². The number of carbonyl (C=O) groups is 2. The van der Waals surface area contributed by atoms with E-state index in [0.29, 0.717) is 38.0 Å². The Morgan fingerprint density at radius 1 is 1.15 bits per heavy atom. The monoisotopic (exact) mass is 516 g/mol. The van der Waals surface area contributed by atoms with Crippen molar-refractivity contribution in [3.8, 4) is 0 Å². The molecule has 1 aromatic heterocycles. The molecule has 0 bridgehead atoms. The molecular weight excluding hydrogens is 498 g/mol. The van der Waals surface area contributed by atoms with Crippen molar-refractivity contribution in [3.63, 3.8) is 0 Å². The summed E-state index contributed by atoms with van der Waals surface area (Å²) < 4.78 is 20.2. The SMILES string of the molecule is COC(=O)C1=C(C2CC2)Nc2sc(C(=O)c3ccc(Cl)c(Cl)c3)c(N)c2C1c1ccccc1F. The van der Waals surface area contributed by atoms with Crippen LogP contribution in [0, 0.1) is 11.7 Å². The van der Waals surface area contributed by atoms with E-state index >= 15 is 4.39 Å². The van der Waals surface area contributed by atoms with E-state index in [0.717, 1.165) is 12.8 Å². The second kappa shape index (κ2) is 8.73. The number of allylic oxidation sites excluding steroid dienone is 1. The Balaban J connectivity index is 1.71. The van der Waals surface area contributed by atoms with Gasteiger partial charge in [-0.3, -0.25) is 4.79 Å². The average Bonchev–Trinajstić information content (AvgIpc) is 3.63. The Morgan fingerprint density at radius 2 is 1.88 bits per heavy atom.